The van der Waals surface area contributed by atoms with Crippen LogP contribution < -0.4 is 10.1 Å². The van der Waals surface area contributed by atoms with Crippen LogP contribution in [-0.4, -0.2) is 43.6 Å². The molecule has 4 nitrogen and oxygen atoms in total. The second kappa shape index (κ2) is 9.61. The van der Waals surface area contributed by atoms with Crippen LogP contribution >= 0.6 is 11.6 Å². The van der Waals surface area contributed by atoms with Crippen molar-refractivity contribution in [3.63, 3.8) is 0 Å². The molecule has 0 aliphatic carbocycles. The van der Waals surface area contributed by atoms with Gasteiger partial charge in [-0.15, -0.1) is 0 Å². The van der Waals surface area contributed by atoms with Crippen LogP contribution in [-0.2, 0) is 4.79 Å². The van der Waals surface area contributed by atoms with E-state index in [2.05, 4.69) is 17.1 Å². The highest BCUT2D eigenvalue weighted by molar-refractivity contribution is 6.30. The van der Waals surface area contributed by atoms with Gasteiger partial charge in [0, 0.05) is 18.1 Å². The van der Waals surface area contributed by atoms with Gasteiger partial charge in [-0.05, 0) is 38.1 Å². The molecule has 1 rings (SSSR count). The maximum Gasteiger partial charge on any atom is 0.234 e. The van der Waals surface area contributed by atoms with Gasteiger partial charge < -0.3 is 10.1 Å². The van der Waals surface area contributed by atoms with Gasteiger partial charge in [0.1, 0.15) is 5.75 Å². The van der Waals surface area contributed by atoms with Gasteiger partial charge >= 0.3 is 0 Å². The van der Waals surface area contributed by atoms with Gasteiger partial charge in [-0.25, -0.2) is 0 Å². The average Bonchev–Trinajstić information content (AvgIpc) is 2.42. The van der Waals surface area contributed by atoms with Crippen LogP contribution in [0.25, 0.3) is 0 Å². The van der Waals surface area contributed by atoms with Crippen molar-refractivity contribution in [3.8, 4) is 5.75 Å². The van der Waals surface area contributed by atoms with Gasteiger partial charge in [0.2, 0.25) is 5.91 Å². The van der Waals surface area contributed by atoms with E-state index in [0.29, 0.717) is 24.7 Å². The fourth-order valence-electron chi connectivity index (χ4n) is 1.84. The molecule has 0 aliphatic heterocycles. The molecule has 0 saturated heterocycles. The predicted octanol–water partition coefficient (Wildman–Crippen LogP) is 2.57. The number of carbonyl (C=O) groups is 1. The zero-order valence-electron chi connectivity index (χ0n) is 12.2. The van der Waals surface area contributed by atoms with Crippen molar-refractivity contribution in [1.29, 1.82) is 0 Å². The maximum atomic E-state index is 11.5. The molecular weight excluding hydrogens is 276 g/mol. The molecule has 20 heavy (non-hydrogen) atoms. The number of amides is 1. The Morgan fingerprint density at radius 1 is 1.40 bits per heavy atom. The number of nitrogens with zero attached hydrogens (tertiary/aromatic N) is 1. The SMILES string of the molecule is CCNC(=O)CN(CC)CCCOc1cccc(Cl)c1. The third kappa shape index (κ3) is 6.78. The number of carbonyl (C=O) groups excluding carboxylic acids is 1. The fraction of sp³-hybridized carbons (Fsp3) is 0.533. The molecule has 112 valence electrons. The zero-order chi connectivity index (χ0) is 14.8. The highest BCUT2D eigenvalue weighted by atomic mass is 35.5. The summed E-state index contributed by atoms with van der Waals surface area (Å²) < 4.78 is 5.62. The van der Waals surface area contributed by atoms with Gasteiger partial charge in [0.25, 0.3) is 0 Å². The van der Waals surface area contributed by atoms with Gasteiger partial charge in [-0.2, -0.15) is 0 Å². The Labute approximate surface area is 126 Å². The molecule has 0 aromatic heterocycles. The minimum absolute atomic E-state index is 0.0742. The fourth-order valence-corrected chi connectivity index (χ4v) is 2.02. The number of benzene rings is 1. The lowest BCUT2D eigenvalue weighted by Crippen LogP contribution is -2.37. The lowest BCUT2D eigenvalue weighted by molar-refractivity contribution is -0.122. The van der Waals surface area contributed by atoms with E-state index in [1.54, 1.807) is 6.07 Å². The number of hydrogen-bond donors (Lipinski definition) is 1. The van der Waals surface area contributed by atoms with Gasteiger partial charge in [0.15, 0.2) is 0 Å². The molecule has 0 atom stereocenters. The molecule has 1 N–H and O–H groups in total. The molecule has 0 fully saturated rings. The number of halogens is 1. The Morgan fingerprint density at radius 2 is 2.20 bits per heavy atom. The highest BCUT2D eigenvalue weighted by Crippen LogP contribution is 2.17. The summed E-state index contributed by atoms with van der Waals surface area (Å²) in [5.74, 6) is 0.856. The first-order chi connectivity index (χ1) is 9.65. The summed E-state index contributed by atoms with van der Waals surface area (Å²) in [4.78, 5) is 13.6. The molecule has 0 unspecified atom stereocenters. The summed E-state index contributed by atoms with van der Waals surface area (Å²) in [6.45, 7) is 7.41. The van der Waals surface area contributed by atoms with Crippen molar-refractivity contribution in [2.24, 2.45) is 0 Å². The van der Waals surface area contributed by atoms with Crippen LogP contribution in [0.1, 0.15) is 20.3 Å². The molecule has 0 bridgehead atoms. The van der Waals surface area contributed by atoms with Crippen molar-refractivity contribution in [2.75, 3.05) is 32.8 Å². The second-order valence-electron chi connectivity index (χ2n) is 4.48. The van der Waals surface area contributed by atoms with E-state index >= 15 is 0 Å². The van der Waals surface area contributed by atoms with Crippen molar-refractivity contribution in [1.82, 2.24) is 10.2 Å². The monoisotopic (exact) mass is 298 g/mol. The van der Waals surface area contributed by atoms with Crippen LogP contribution in [0.2, 0.25) is 5.02 Å². The first-order valence-electron chi connectivity index (χ1n) is 7.03. The Kier molecular flexibility index (Phi) is 8.07. The number of nitrogens with one attached hydrogen (secondary N) is 1. The molecule has 0 saturated carbocycles. The van der Waals surface area contributed by atoms with Crippen LogP contribution in [0, 0.1) is 0 Å². The Bertz CT molecular complexity index is 413. The van der Waals surface area contributed by atoms with E-state index < -0.39 is 0 Å². The van der Waals surface area contributed by atoms with E-state index in [4.69, 9.17) is 16.3 Å². The topological polar surface area (TPSA) is 41.6 Å². The molecule has 1 aromatic rings. The van der Waals surface area contributed by atoms with Gasteiger partial charge in [-0.3, -0.25) is 9.69 Å². The third-order valence-corrected chi connectivity index (χ3v) is 3.11. The minimum Gasteiger partial charge on any atom is -0.493 e. The summed E-state index contributed by atoms with van der Waals surface area (Å²) in [7, 11) is 0. The second-order valence-corrected chi connectivity index (χ2v) is 4.92. The molecule has 0 heterocycles. The van der Waals surface area contributed by atoms with E-state index in [9.17, 15) is 4.79 Å². The van der Waals surface area contributed by atoms with Crippen LogP contribution in [0.15, 0.2) is 24.3 Å². The number of rotatable bonds is 9. The van der Waals surface area contributed by atoms with E-state index in [1.807, 2.05) is 25.1 Å². The first-order valence-corrected chi connectivity index (χ1v) is 7.41. The summed E-state index contributed by atoms with van der Waals surface area (Å²) in [5.41, 5.74) is 0. The predicted molar refractivity (Wildman–Crippen MR) is 82.4 cm³/mol. The Balaban J connectivity index is 2.23. The Hall–Kier alpha value is -1.26. The quantitative estimate of drug-likeness (QED) is 0.713. The van der Waals surface area contributed by atoms with Gasteiger partial charge in [-0.1, -0.05) is 24.6 Å². The molecule has 1 aromatic carbocycles. The van der Waals surface area contributed by atoms with Crippen molar-refractivity contribution in [3.05, 3.63) is 29.3 Å². The van der Waals surface area contributed by atoms with Gasteiger partial charge in [0.05, 0.1) is 13.2 Å². The number of ether oxygens (including phenoxy) is 1. The smallest absolute Gasteiger partial charge is 0.234 e. The molecule has 1 amide bonds. The van der Waals surface area contributed by atoms with Crippen molar-refractivity contribution < 1.29 is 9.53 Å². The normalized spacial score (nSPS) is 10.6. The molecule has 0 spiro atoms. The van der Waals surface area contributed by atoms with Crippen molar-refractivity contribution >= 4 is 17.5 Å². The van der Waals surface area contributed by atoms with Crippen LogP contribution in [0.5, 0.6) is 5.75 Å². The molecule has 5 heteroatoms. The summed E-state index contributed by atoms with van der Waals surface area (Å²) >= 11 is 5.88. The maximum absolute atomic E-state index is 11.5. The largest absolute Gasteiger partial charge is 0.493 e. The zero-order valence-corrected chi connectivity index (χ0v) is 12.9. The third-order valence-electron chi connectivity index (χ3n) is 2.87. The number of hydrogen-bond acceptors (Lipinski definition) is 3. The standard InChI is InChI=1S/C15H23ClN2O2/c1-3-17-15(19)12-18(4-2)9-6-10-20-14-8-5-7-13(16)11-14/h5,7-8,11H,3-4,6,9-10,12H2,1-2H3,(H,17,19). The van der Waals surface area contributed by atoms with E-state index in [-0.39, 0.29) is 5.91 Å². The number of likely N-dealkylation sites (N-methyl/N-ethyl adjacent to an activating group) is 2. The molecule has 0 radical (unpaired) electrons. The minimum atomic E-state index is 0.0742. The lowest BCUT2D eigenvalue weighted by Gasteiger charge is -2.19. The Morgan fingerprint density at radius 3 is 2.85 bits per heavy atom. The molecular formula is C15H23ClN2O2. The van der Waals surface area contributed by atoms with Crippen LogP contribution in [0.3, 0.4) is 0 Å². The molecule has 0 aliphatic rings. The lowest BCUT2D eigenvalue weighted by atomic mass is 10.3. The van der Waals surface area contributed by atoms with Crippen molar-refractivity contribution in [2.45, 2.75) is 20.3 Å². The van der Waals surface area contributed by atoms with E-state index in [0.717, 1.165) is 25.3 Å². The summed E-state index contributed by atoms with van der Waals surface area (Å²) in [6.07, 6.45) is 0.875. The summed E-state index contributed by atoms with van der Waals surface area (Å²) in [5, 5.41) is 3.48. The summed E-state index contributed by atoms with van der Waals surface area (Å²) in [6, 6.07) is 7.37. The highest BCUT2D eigenvalue weighted by Gasteiger charge is 2.07. The van der Waals surface area contributed by atoms with E-state index in [1.165, 1.54) is 0 Å². The average molecular weight is 299 g/mol. The van der Waals surface area contributed by atoms with Crippen LogP contribution in [0.4, 0.5) is 0 Å². The first kappa shape index (κ1) is 16.8.